The fraction of sp³-hybridized carbons (Fsp3) is 0.982. The van der Waals surface area contributed by atoms with Gasteiger partial charge in [0.25, 0.3) is 0 Å². The molecule has 0 saturated heterocycles. The van der Waals surface area contributed by atoms with Gasteiger partial charge in [-0.1, -0.05) is 316 Å². The van der Waals surface area contributed by atoms with Gasteiger partial charge in [-0.15, -0.1) is 0 Å². The molecule has 6 heteroatoms. The number of carbonyl (C=O) groups excluding carboxylic acids is 1. The number of hydrogen-bond acceptors (Lipinski definition) is 5. The first-order chi connectivity index (χ1) is 31.0. The van der Waals surface area contributed by atoms with E-state index in [9.17, 15) is 25.2 Å². The van der Waals surface area contributed by atoms with E-state index in [-0.39, 0.29) is 0 Å². The summed E-state index contributed by atoms with van der Waals surface area (Å²) >= 11 is 0. The van der Waals surface area contributed by atoms with Gasteiger partial charge in [0.15, 0.2) is 0 Å². The van der Waals surface area contributed by atoms with Gasteiger partial charge in [-0.05, 0) is 12.8 Å². The fourth-order valence-corrected chi connectivity index (χ4v) is 9.53. The van der Waals surface area contributed by atoms with Crippen LogP contribution in [0.2, 0.25) is 0 Å². The van der Waals surface area contributed by atoms with E-state index < -0.39 is 36.9 Å². The molecule has 0 spiro atoms. The Morgan fingerprint density at radius 1 is 0.333 bits per heavy atom. The Kier molecular flexibility index (Phi) is 51.7. The van der Waals surface area contributed by atoms with E-state index in [1.165, 1.54) is 263 Å². The molecule has 4 unspecified atom stereocenters. The molecule has 378 valence electrons. The van der Waals surface area contributed by atoms with Gasteiger partial charge >= 0.3 is 0 Å². The van der Waals surface area contributed by atoms with Crippen molar-refractivity contribution in [2.75, 3.05) is 6.61 Å². The molecule has 4 atom stereocenters. The SMILES string of the molecule is CCCCCCCCCCCCCCCCCCCCCCCCCCC(O)C(O)C(CO)NC(=O)C(O)CCCCCCCCCCCCCCCCCCCCCCCCC. The predicted octanol–water partition coefficient (Wildman–Crippen LogP) is 16.7. The Bertz CT molecular complexity index is 871. The van der Waals surface area contributed by atoms with Crippen LogP contribution >= 0.6 is 0 Å². The highest BCUT2D eigenvalue weighted by atomic mass is 16.3. The zero-order chi connectivity index (χ0) is 45.9. The summed E-state index contributed by atoms with van der Waals surface area (Å²) in [5, 5.41) is 44.1. The molecular weight excluding hydrogens is 779 g/mol. The number of aliphatic hydroxyl groups excluding tert-OH is 4. The van der Waals surface area contributed by atoms with E-state index in [2.05, 4.69) is 19.2 Å². The number of carbonyl (C=O) groups is 1. The summed E-state index contributed by atoms with van der Waals surface area (Å²) in [6, 6.07) is -0.981. The average molecular weight is 895 g/mol. The van der Waals surface area contributed by atoms with Crippen molar-refractivity contribution in [3.8, 4) is 0 Å². The van der Waals surface area contributed by atoms with Crippen molar-refractivity contribution in [2.24, 2.45) is 0 Å². The minimum Gasteiger partial charge on any atom is -0.394 e. The highest BCUT2D eigenvalue weighted by Gasteiger charge is 2.28. The highest BCUT2D eigenvalue weighted by molar-refractivity contribution is 5.80. The van der Waals surface area contributed by atoms with E-state index in [1.807, 2.05) is 0 Å². The van der Waals surface area contributed by atoms with Gasteiger partial charge in [-0.25, -0.2) is 0 Å². The monoisotopic (exact) mass is 894 g/mol. The Hall–Kier alpha value is -0.690. The Morgan fingerprint density at radius 2 is 0.540 bits per heavy atom. The van der Waals surface area contributed by atoms with Crippen molar-refractivity contribution in [1.29, 1.82) is 0 Å². The molecule has 0 radical (unpaired) electrons. The molecule has 0 fully saturated rings. The van der Waals surface area contributed by atoms with E-state index in [1.54, 1.807) is 0 Å². The number of aliphatic hydroxyl groups is 4. The molecule has 0 rings (SSSR count). The van der Waals surface area contributed by atoms with Crippen LogP contribution in [0.1, 0.15) is 328 Å². The summed E-state index contributed by atoms with van der Waals surface area (Å²) in [5.41, 5.74) is 0. The third-order valence-corrected chi connectivity index (χ3v) is 14.1. The van der Waals surface area contributed by atoms with E-state index in [0.29, 0.717) is 12.8 Å². The molecular formula is C57H115NO5. The number of nitrogens with one attached hydrogen (secondary N) is 1. The van der Waals surface area contributed by atoms with E-state index in [4.69, 9.17) is 0 Å². The summed E-state index contributed by atoms with van der Waals surface area (Å²) in [5.74, 6) is -0.575. The lowest BCUT2D eigenvalue weighted by atomic mass is 9.99. The van der Waals surface area contributed by atoms with Gasteiger partial charge < -0.3 is 25.7 Å². The van der Waals surface area contributed by atoms with Gasteiger partial charge in [-0.2, -0.15) is 0 Å². The van der Waals surface area contributed by atoms with Crippen molar-refractivity contribution in [3.63, 3.8) is 0 Å². The van der Waals surface area contributed by atoms with Gasteiger partial charge in [0.05, 0.1) is 18.8 Å². The maximum absolute atomic E-state index is 12.6. The predicted molar refractivity (Wildman–Crippen MR) is 275 cm³/mol. The maximum atomic E-state index is 12.6. The lowest BCUT2D eigenvalue weighted by Gasteiger charge is -2.27. The molecule has 63 heavy (non-hydrogen) atoms. The summed E-state index contributed by atoms with van der Waals surface area (Å²) in [4.78, 5) is 12.6. The molecule has 0 aromatic carbocycles. The van der Waals surface area contributed by atoms with Crippen LogP contribution in [0.5, 0.6) is 0 Å². The summed E-state index contributed by atoms with van der Waals surface area (Å²) in [7, 11) is 0. The standard InChI is InChI=1S/C57H115NO5/c1-3-5-7-9-11-13-15-17-19-21-23-25-27-29-30-32-34-36-38-40-42-44-46-48-50-54(60)56(62)53(52-59)58-57(63)55(61)51-49-47-45-43-41-39-37-35-33-31-28-26-24-22-20-18-16-14-12-10-8-6-4-2/h53-56,59-62H,3-52H2,1-2H3,(H,58,63). The fourth-order valence-electron chi connectivity index (χ4n) is 9.53. The molecule has 0 aliphatic carbocycles. The lowest BCUT2D eigenvalue weighted by molar-refractivity contribution is -0.132. The number of amides is 1. The second-order valence-corrected chi connectivity index (χ2v) is 20.4. The molecule has 0 aromatic heterocycles. The molecule has 1 amide bonds. The minimum absolute atomic E-state index is 0.376. The van der Waals surface area contributed by atoms with Crippen molar-refractivity contribution >= 4 is 5.91 Å². The first-order valence-electron chi connectivity index (χ1n) is 28.9. The summed E-state index contributed by atoms with van der Waals surface area (Å²) in [6.07, 6.45) is 60.3. The van der Waals surface area contributed by atoms with Gasteiger partial charge in [0.1, 0.15) is 12.2 Å². The normalized spacial score (nSPS) is 13.7. The van der Waals surface area contributed by atoms with Crippen LogP contribution in [0.25, 0.3) is 0 Å². The average Bonchev–Trinajstić information content (AvgIpc) is 3.29. The third-order valence-electron chi connectivity index (χ3n) is 14.1. The van der Waals surface area contributed by atoms with Crippen molar-refractivity contribution in [3.05, 3.63) is 0 Å². The smallest absolute Gasteiger partial charge is 0.249 e. The maximum Gasteiger partial charge on any atom is 0.249 e. The van der Waals surface area contributed by atoms with Crippen LogP contribution in [0.4, 0.5) is 0 Å². The molecule has 6 nitrogen and oxygen atoms in total. The Labute approximate surface area is 394 Å². The molecule has 0 aromatic rings. The van der Waals surface area contributed by atoms with Crippen LogP contribution in [-0.2, 0) is 4.79 Å². The second-order valence-electron chi connectivity index (χ2n) is 20.4. The first-order valence-corrected chi connectivity index (χ1v) is 28.9. The minimum atomic E-state index is -1.25. The van der Waals surface area contributed by atoms with Crippen LogP contribution < -0.4 is 5.32 Å². The quantitative estimate of drug-likeness (QED) is 0.0391. The zero-order valence-electron chi connectivity index (χ0n) is 42.9. The zero-order valence-corrected chi connectivity index (χ0v) is 42.9. The number of rotatable bonds is 54. The van der Waals surface area contributed by atoms with Crippen molar-refractivity contribution in [1.82, 2.24) is 5.32 Å². The van der Waals surface area contributed by atoms with Gasteiger partial charge in [0.2, 0.25) is 5.91 Å². The topological polar surface area (TPSA) is 110 Å². The number of unbranched alkanes of at least 4 members (excludes halogenated alkanes) is 45. The second kappa shape index (κ2) is 52.3. The van der Waals surface area contributed by atoms with Gasteiger partial charge in [0, 0.05) is 0 Å². The van der Waals surface area contributed by atoms with Crippen LogP contribution in [0.15, 0.2) is 0 Å². The molecule has 0 bridgehead atoms. The third kappa shape index (κ3) is 46.2. The van der Waals surface area contributed by atoms with Crippen LogP contribution in [0.3, 0.4) is 0 Å². The van der Waals surface area contributed by atoms with Crippen LogP contribution in [-0.4, -0.2) is 57.3 Å². The Morgan fingerprint density at radius 3 is 0.762 bits per heavy atom. The number of hydrogen-bond donors (Lipinski definition) is 5. The van der Waals surface area contributed by atoms with E-state index in [0.717, 1.165) is 38.5 Å². The molecule has 0 aliphatic heterocycles. The Balaban J connectivity index is 3.58. The summed E-state index contributed by atoms with van der Waals surface area (Å²) < 4.78 is 0. The lowest BCUT2D eigenvalue weighted by Crippen LogP contribution is -2.53. The van der Waals surface area contributed by atoms with Crippen molar-refractivity contribution in [2.45, 2.75) is 353 Å². The van der Waals surface area contributed by atoms with Gasteiger partial charge in [-0.3, -0.25) is 4.79 Å². The molecule has 0 saturated carbocycles. The first kappa shape index (κ1) is 62.3. The van der Waals surface area contributed by atoms with E-state index >= 15 is 0 Å². The molecule has 0 heterocycles. The molecule has 5 N–H and O–H groups in total. The largest absolute Gasteiger partial charge is 0.394 e. The van der Waals surface area contributed by atoms with Crippen molar-refractivity contribution < 1.29 is 25.2 Å². The molecule has 0 aliphatic rings. The summed E-state index contributed by atoms with van der Waals surface area (Å²) in [6.45, 7) is 4.10. The highest BCUT2D eigenvalue weighted by Crippen LogP contribution is 2.19. The van der Waals surface area contributed by atoms with Crippen LogP contribution in [0, 0.1) is 0 Å².